The summed E-state index contributed by atoms with van der Waals surface area (Å²) in [6.07, 6.45) is -1.24. The predicted molar refractivity (Wildman–Crippen MR) is 115 cm³/mol. The molecule has 0 spiro atoms. The van der Waals surface area contributed by atoms with Gasteiger partial charge in [0.15, 0.2) is 11.7 Å². The number of guanidine groups is 1. The average Bonchev–Trinajstić information content (AvgIpc) is 3.14. The van der Waals surface area contributed by atoms with Crippen molar-refractivity contribution in [1.29, 1.82) is 0 Å². The van der Waals surface area contributed by atoms with Crippen LogP contribution in [0.5, 0.6) is 5.75 Å². The van der Waals surface area contributed by atoms with E-state index in [-0.39, 0.29) is 47.9 Å². The molecule has 154 valence electrons. The van der Waals surface area contributed by atoms with Crippen molar-refractivity contribution in [2.24, 2.45) is 10.7 Å². The molecule has 0 atom stereocenters. The number of nitrogens with zero attached hydrogens (tertiary/aromatic N) is 3. The summed E-state index contributed by atoms with van der Waals surface area (Å²) in [6.45, 7) is 0.840. The Morgan fingerprint density at radius 3 is 2.45 bits per heavy atom. The smallest absolute Gasteiger partial charge is 0.404 e. The first-order valence-corrected chi connectivity index (χ1v) is 8.36. The molecule has 0 aliphatic rings. The molecular formula is C19H19F3IN5O. The predicted octanol–water partition coefficient (Wildman–Crippen LogP) is 4.37. The minimum atomic E-state index is -4.80. The number of nitrogens with two attached hydrogens (primary N) is 1. The van der Waals surface area contributed by atoms with E-state index in [1.807, 2.05) is 36.5 Å². The number of aromatic nitrogens is 2. The van der Waals surface area contributed by atoms with Crippen LogP contribution in [0.2, 0.25) is 0 Å². The number of benzene rings is 2. The van der Waals surface area contributed by atoms with E-state index in [1.165, 1.54) is 18.2 Å². The van der Waals surface area contributed by atoms with Crippen molar-refractivity contribution in [3.05, 3.63) is 78.1 Å². The van der Waals surface area contributed by atoms with Crippen molar-refractivity contribution in [1.82, 2.24) is 9.78 Å². The van der Waals surface area contributed by atoms with E-state index in [0.717, 1.165) is 11.1 Å². The summed E-state index contributed by atoms with van der Waals surface area (Å²) in [5.74, 6) is -0.403. The normalized spacial score (nSPS) is 11.6. The van der Waals surface area contributed by atoms with Crippen LogP contribution in [0.15, 0.2) is 72.0 Å². The molecule has 3 N–H and O–H groups in total. The minimum Gasteiger partial charge on any atom is -0.404 e. The highest BCUT2D eigenvalue weighted by molar-refractivity contribution is 14.0. The van der Waals surface area contributed by atoms with E-state index < -0.39 is 6.36 Å². The molecular weight excluding hydrogens is 498 g/mol. The first-order valence-electron chi connectivity index (χ1n) is 8.36. The Balaban J connectivity index is 0.00000300. The fourth-order valence-corrected chi connectivity index (χ4v) is 2.57. The van der Waals surface area contributed by atoms with Gasteiger partial charge in [-0.25, -0.2) is 4.99 Å². The van der Waals surface area contributed by atoms with Gasteiger partial charge in [0.1, 0.15) is 0 Å². The van der Waals surface area contributed by atoms with Gasteiger partial charge >= 0.3 is 6.36 Å². The molecule has 3 aromatic rings. The van der Waals surface area contributed by atoms with E-state index in [2.05, 4.69) is 20.1 Å². The van der Waals surface area contributed by atoms with Crippen LogP contribution >= 0.6 is 24.0 Å². The number of para-hydroxylation sites is 2. The summed E-state index contributed by atoms with van der Waals surface area (Å²) in [5.41, 5.74) is 7.88. The average molecular weight is 517 g/mol. The number of hydrogen-bond donors (Lipinski definition) is 2. The number of nitrogens with one attached hydrogen (secondary N) is 1. The van der Waals surface area contributed by atoms with Gasteiger partial charge in [-0.1, -0.05) is 36.4 Å². The van der Waals surface area contributed by atoms with Crippen molar-refractivity contribution in [2.45, 2.75) is 19.5 Å². The number of rotatable bonds is 6. The first-order chi connectivity index (χ1) is 13.4. The number of ether oxygens (including phenoxy) is 1. The lowest BCUT2D eigenvalue weighted by molar-refractivity contribution is -0.274. The third-order valence-corrected chi connectivity index (χ3v) is 3.81. The third kappa shape index (κ3) is 6.97. The molecule has 3 rings (SSSR count). The standard InChI is InChI=1S/C19H18F3N5O.HI/c20-19(21,22)28-17-9-4-3-8-16(17)26-18(23)24-12-14-6-1-2-7-15(14)13-27-11-5-10-25-27;/h1-11H,12-13H2,(H3,23,24,26);1H. The number of alkyl halides is 3. The summed E-state index contributed by atoms with van der Waals surface area (Å²) in [5, 5.41) is 6.83. The lowest BCUT2D eigenvalue weighted by Gasteiger charge is -2.14. The molecule has 10 heteroatoms. The lowest BCUT2D eigenvalue weighted by atomic mass is 10.1. The van der Waals surface area contributed by atoms with Gasteiger partial charge in [0.2, 0.25) is 0 Å². The SMILES string of the molecule is I.NC(=NCc1ccccc1Cn1cccn1)Nc1ccccc1OC(F)(F)F. The molecule has 0 aliphatic carbocycles. The number of anilines is 1. The monoisotopic (exact) mass is 517 g/mol. The summed E-state index contributed by atoms with van der Waals surface area (Å²) < 4.78 is 43.3. The van der Waals surface area contributed by atoms with Crippen LogP contribution in [0.1, 0.15) is 11.1 Å². The fourth-order valence-electron chi connectivity index (χ4n) is 2.57. The summed E-state index contributed by atoms with van der Waals surface area (Å²) >= 11 is 0. The molecule has 0 unspecified atom stereocenters. The molecule has 0 aliphatic heterocycles. The fraction of sp³-hybridized carbons (Fsp3) is 0.158. The molecule has 0 bridgehead atoms. The Bertz CT molecular complexity index is 945. The van der Waals surface area contributed by atoms with Gasteiger partial charge in [-0.2, -0.15) is 5.10 Å². The van der Waals surface area contributed by atoms with Gasteiger partial charge in [0.25, 0.3) is 0 Å². The molecule has 0 fully saturated rings. The van der Waals surface area contributed by atoms with Crippen molar-refractivity contribution in [2.75, 3.05) is 5.32 Å². The largest absolute Gasteiger partial charge is 0.573 e. The zero-order valence-electron chi connectivity index (χ0n) is 15.1. The van der Waals surface area contributed by atoms with E-state index >= 15 is 0 Å². The molecule has 2 aromatic carbocycles. The maximum Gasteiger partial charge on any atom is 0.573 e. The van der Waals surface area contributed by atoms with Gasteiger partial charge in [-0.05, 0) is 29.3 Å². The van der Waals surface area contributed by atoms with Crippen LogP contribution < -0.4 is 15.8 Å². The Kier molecular flexibility index (Phi) is 7.88. The Hall–Kier alpha value is -2.76. The number of hydrogen-bond acceptors (Lipinski definition) is 3. The van der Waals surface area contributed by atoms with E-state index in [0.29, 0.717) is 6.54 Å². The molecule has 6 nitrogen and oxygen atoms in total. The lowest BCUT2D eigenvalue weighted by Crippen LogP contribution is -2.24. The van der Waals surface area contributed by atoms with Crippen LogP contribution in [0.4, 0.5) is 18.9 Å². The molecule has 0 amide bonds. The zero-order chi connectivity index (χ0) is 20.0. The van der Waals surface area contributed by atoms with Gasteiger partial charge in [-0.15, -0.1) is 37.1 Å². The first kappa shape index (κ1) is 22.5. The van der Waals surface area contributed by atoms with Crippen molar-refractivity contribution in [3.8, 4) is 5.75 Å². The van der Waals surface area contributed by atoms with Gasteiger partial charge in [0.05, 0.1) is 18.8 Å². The highest BCUT2D eigenvalue weighted by atomic mass is 127. The highest BCUT2D eigenvalue weighted by Crippen LogP contribution is 2.29. The summed E-state index contributed by atoms with van der Waals surface area (Å²) in [4.78, 5) is 4.23. The van der Waals surface area contributed by atoms with Crippen LogP contribution in [0.3, 0.4) is 0 Å². The highest BCUT2D eigenvalue weighted by Gasteiger charge is 2.32. The Morgan fingerprint density at radius 2 is 1.76 bits per heavy atom. The molecule has 0 saturated carbocycles. The molecule has 1 aromatic heterocycles. The van der Waals surface area contributed by atoms with Gasteiger partial charge in [-0.3, -0.25) is 4.68 Å². The molecule has 1 heterocycles. The maximum atomic E-state index is 12.5. The van der Waals surface area contributed by atoms with E-state index in [4.69, 9.17) is 5.73 Å². The Morgan fingerprint density at radius 1 is 1.07 bits per heavy atom. The molecule has 0 radical (unpaired) electrons. The summed E-state index contributed by atoms with van der Waals surface area (Å²) in [7, 11) is 0. The third-order valence-electron chi connectivity index (χ3n) is 3.81. The van der Waals surface area contributed by atoms with Gasteiger partial charge < -0.3 is 15.8 Å². The molecule has 0 saturated heterocycles. The Labute approximate surface area is 182 Å². The maximum absolute atomic E-state index is 12.5. The van der Waals surface area contributed by atoms with E-state index in [9.17, 15) is 13.2 Å². The van der Waals surface area contributed by atoms with Crippen LogP contribution in [0.25, 0.3) is 0 Å². The second-order valence-corrected chi connectivity index (χ2v) is 5.84. The van der Waals surface area contributed by atoms with Crippen LogP contribution in [0, 0.1) is 0 Å². The zero-order valence-corrected chi connectivity index (χ0v) is 17.5. The topological polar surface area (TPSA) is 77.5 Å². The second-order valence-electron chi connectivity index (χ2n) is 5.84. The minimum absolute atomic E-state index is 0. The second kappa shape index (κ2) is 10.1. The van der Waals surface area contributed by atoms with Crippen molar-refractivity contribution in [3.63, 3.8) is 0 Å². The van der Waals surface area contributed by atoms with Crippen LogP contribution in [-0.4, -0.2) is 22.1 Å². The summed E-state index contributed by atoms with van der Waals surface area (Å²) in [6, 6.07) is 15.1. The van der Waals surface area contributed by atoms with Crippen LogP contribution in [-0.2, 0) is 13.1 Å². The van der Waals surface area contributed by atoms with Crippen molar-refractivity contribution < 1.29 is 17.9 Å². The number of aliphatic imine (C=N–C) groups is 1. The van der Waals surface area contributed by atoms with E-state index in [1.54, 1.807) is 16.9 Å². The van der Waals surface area contributed by atoms with Gasteiger partial charge in [0, 0.05) is 12.4 Å². The number of halogens is 4. The van der Waals surface area contributed by atoms with Crippen molar-refractivity contribution >= 4 is 35.6 Å². The molecule has 29 heavy (non-hydrogen) atoms. The quantitative estimate of drug-likeness (QED) is 0.289.